The normalized spacial score (nSPS) is 17.6. The van der Waals surface area contributed by atoms with E-state index in [4.69, 9.17) is 23.2 Å². The van der Waals surface area contributed by atoms with Crippen molar-refractivity contribution in [3.8, 4) is 0 Å². The summed E-state index contributed by atoms with van der Waals surface area (Å²) in [5.41, 5.74) is 0. The van der Waals surface area contributed by atoms with E-state index in [1.807, 2.05) is 6.92 Å². The van der Waals surface area contributed by atoms with Crippen molar-refractivity contribution < 1.29 is 8.42 Å². The molecule has 0 amide bonds. The molecule has 0 unspecified atom stereocenters. The molecule has 1 heterocycles. The summed E-state index contributed by atoms with van der Waals surface area (Å²) in [5.74, 6) is 0. The van der Waals surface area contributed by atoms with E-state index in [0.29, 0.717) is 6.54 Å². The Kier molecular flexibility index (Phi) is 5.29. The van der Waals surface area contributed by atoms with E-state index in [1.54, 1.807) is 4.31 Å². The summed E-state index contributed by atoms with van der Waals surface area (Å²) < 4.78 is 27.0. The van der Waals surface area contributed by atoms with E-state index < -0.39 is 10.0 Å². The van der Waals surface area contributed by atoms with Gasteiger partial charge in [-0.1, -0.05) is 49.4 Å². The fourth-order valence-electron chi connectivity index (χ4n) is 2.67. The van der Waals surface area contributed by atoms with E-state index in [2.05, 4.69) is 4.98 Å². The lowest BCUT2D eigenvalue weighted by atomic mass is 9.95. The monoisotopic (exact) mass is 336 g/mol. The first kappa shape index (κ1) is 16.0. The van der Waals surface area contributed by atoms with Crippen LogP contribution in [-0.4, -0.2) is 30.3 Å². The standard InChI is InChI=1S/C13H18Cl2N2O2S/c1-2-17(10-6-4-3-5-7-10)20(18,19)11-8-12(14)13(15)16-9-11/h8-10H,2-7H2,1H3. The highest BCUT2D eigenvalue weighted by Crippen LogP contribution is 2.29. The van der Waals surface area contributed by atoms with Crippen LogP contribution in [0.3, 0.4) is 0 Å². The second-order valence-electron chi connectivity index (χ2n) is 4.94. The van der Waals surface area contributed by atoms with Gasteiger partial charge in [0.1, 0.15) is 10.0 Å². The van der Waals surface area contributed by atoms with Crippen LogP contribution in [0, 0.1) is 0 Å². The van der Waals surface area contributed by atoms with Crippen molar-refractivity contribution in [2.24, 2.45) is 0 Å². The van der Waals surface area contributed by atoms with E-state index in [1.165, 1.54) is 18.7 Å². The average Bonchev–Trinajstić information content (AvgIpc) is 2.43. The van der Waals surface area contributed by atoms with Crippen LogP contribution in [0.15, 0.2) is 17.2 Å². The highest BCUT2D eigenvalue weighted by atomic mass is 35.5. The van der Waals surface area contributed by atoms with Crippen LogP contribution in [0.5, 0.6) is 0 Å². The van der Waals surface area contributed by atoms with Crippen LogP contribution < -0.4 is 0 Å². The molecule has 7 heteroatoms. The summed E-state index contributed by atoms with van der Waals surface area (Å²) in [4.78, 5) is 3.94. The highest BCUT2D eigenvalue weighted by Gasteiger charge is 2.31. The second kappa shape index (κ2) is 6.60. The largest absolute Gasteiger partial charge is 0.244 e. The highest BCUT2D eigenvalue weighted by molar-refractivity contribution is 7.89. The third kappa shape index (κ3) is 3.27. The number of hydrogen-bond donors (Lipinski definition) is 0. The second-order valence-corrected chi connectivity index (χ2v) is 7.60. The summed E-state index contributed by atoms with van der Waals surface area (Å²) in [6.45, 7) is 2.31. The quantitative estimate of drug-likeness (QED) is 0.787. The molecule has 0 spiro atoms. The lowest BCUT2D eigenvalue weighted by molar-refractivity contribution is 0.261. The van der Waals surface area contributed by atoms with Gasteiger partial charge in [-0.05, 0) is 18.9 Å². The predicted molar refractivity (Wildman–Crippen MR) is 80.7 cm³/mol. The minimum absolute atomic E-state index is 0.0770. The number of hydrogen-bond acceptors (Lipinski definition) is 3. The van der Waals surface area contributed by atoms with Crippen LogP contribution >= 0.6 is 23.2 Å². The fourth-order valence-corrected chi connectivity index (χ4v) is 4.67. The van der Waals surface area contributed by atoms with E-state index in [9.17, 15) is 8.42 Å². The Morgan fingerprint density at radius 2 is 1.95 bits per heavy atom. The third-order valence-electron chi connectivity index (χ3n) is 3.67. The molecular weight excluding hydrogens is 319 g/mol. The summed E-state index contributed by atoms with van der Waals surface area (Å²) in [7, 11) is -3.56. The summed E-state index contributed by atoms with van der Waals surface area (Å²) in [5, 5.41) is 0.277. The van der Waals surface area contributed by atoms with Crippen molar-refractivity contribution in [1.82, 2.24) is 9.29 Å². The maximum Gasteiger partial charge on any atom is 0.244 e. The molecule has 0 bridgehead atoms. The van der Waals surface area contributed by atoms with Gasteiger partial charge < -0.3 is 0 Å². The van der Waals surface area contributed by atoms with Crippen molar-refractivity contribution in [3.05, 3.63) is 22.4 Å². The Hall–Kier alpha value is -0.360. The third-order valence-corrected chi connectivity index (χ3v) is 6.35. The summed E-state index contributed by atoms with van der Waals surface area (Å²) >= 11 is 11.6. The van der Waals surface area contributed by atoms with Crippen LogP contribution in [0.25, 0.3) is 0 Å². The lowest BCUT2D eigenvalue weighted by Crippen LogP contribution is -2.41. The maximum atomic E-state index is 12.7. The number of halogens is 2. The van der Waals surface area contributed by atoms with Crippen molar-refractivity contribution in [2.45, 2.75) is 50.0 Å². The zero-order chi connectivity index (χ0) is 14.8. The van der Waals surface area contributed by atoms with Crippen molar-refractivity contribution in [1.29, 1.82) is 0 Å². The van der Waals surface area contributed by atoms with Gasteiger partial charge >= 0.3 is 0 Å². The molecule has 4 nitrogen and oxygen atoms in total. The molecule has 0 aromatic carbocycles. The fraction of sp³-hybridized carbons (Fsp3) is 0.615. The van der Waals surface area contributed by atoms with Crippen LogP contribution in [0.1, 0.15) is 39.0 Å². The zero-order valence-corrected chi connectivity index (χ0v) is 13.7. The topological polar surface area (TPSA) is 50.3 Å². The number of rotatable bonds is 4. The molecule has 1 fully saturated rings. The Morgan fingerprint density at radius 3 is 2.50 bits per heavy atom. The SMILES string of the molecule is CCN(C1CCCCC1)S(=O)(=O)c1cnc(Cl)c(Cl)c1. The molecule has 1 aromatic rings. The minimum Gasteiger partial charge on any atom is -0.242 e. The minimum atomic E-state index is -3.56. The Balaban J connectivity index is 2.32. The Labute approximate surface area is 130 Å². The molecule has 2 rings (SSSR count). The van der Waals surface area contributed by atoms with Gasteiger partial charge in [0.05, 0.1) is 5.02 Å². The molecular formula is C13H18Cl2N2O2S. The van der Waals surface area contributed by atoms with Gasteiger partial charge in [-0.15, -0.1) is 0 Å². The van der Waals surface area contributed by atoms with Gasteiger partial charge in [0, 0.05) is 18.8 Å². The number of sulfonamides is 1. The van der Waals surface area contributed by atoms with Crippen LogP contribution in [-0.2, 0) is 10.0 Å². The van der Waals surface area contributed by atoms with Crippen molar-refractivity contribution in [3.63, 3.8) is 0 Å². The smallest absolute Gasteiger partial charge is 0.242 e. The Bertz CT molecular complexity index is 572. The van der Waals surface area contributed by atoms with Gasteiger partial charge in [-0.3, -0.25) is 0 Å². The molecule has 112 valence electrons. The number of nitrogens with zero attached hydrogens (tertiary/aromatic N) is 2. The summed E-state index contributed by atoms with van der Waals surface area (Å²) in [6.07, 6.45) is 6.45. The number of aromatic nitrogens is 1. The molecule has 1 aromatic heterocycles. The molecule has 20 heavy (non-hydrogen) atoms. The molecule has 0 aliphatic heterocycles. The van der Waals surface area contributed by atoms with Crippen LogP contribution in [0.2, 0.25) is 10.2 Å². The molecule has 1 aliphatic carbocycles. The predicted octanol–water partition coefficient (Wildman–Crippen LogP) is 3.73. The van der Waals surface area contributed by atoms with Gasteiger partial charge in [-0.2, -0.15) is 4.31 Å². The molecule has 0 atom stereocenters. The van der Waals surface area contributed by atoms with Gasteiger partial charge in [0.15, 0.2) is 0 Å². The van der Waals surface area contributed by atoms with Crippen LogP contribution in [0.4, 0.5) is 0 Å². The van der Waals surface area contributed by atoms with E-state index in [-0.39, 0.29) is 21.1 Å². The van der Waals surface area contributed by atoms with Gasteiger partial charge in [-0.25, -0.2) is 13.4 Å². The Morgan fingerprint density at radius 1 is 1.30 bits per heavy atom. The molecule has 0 N–H and O–H groups in total. The molecule has 0 saturated heterocycles. The van der Waals surface area contributed by atoms with Crippen molar-refractivity contribution >= 4 is 33.2 Å². The van der Waals surface area contributed by atoms with Gasteiger partial charge in [0.2, 0.25) is 10.0 Å². The average molecular weight is 337 g/mol. The first-order valence-corrected chi connectivity index (χ1v) is 8.99. The lowest BCUT2D eigenvalue weighted by Gasteiger charge is -2.32. The molecule has 1 aliphatic rings. The zero-order valence-electron chi connectivity index (χ0n) is 11.3. The van der Waals surface area contributed by atoms with Gasteiger partial charge in [0.25, 0.3) is 0 Å². The first-order valence-electron chi connectivity index (χ1n) is 6.79. The molecule has 1 saturated carbocycles. The van der Waals surface area contributed by atoms with Crippen molar-refractivity contribution in [2.75, 3.05) is 6.54 Å². The maximum absolute atomic E-state index is 12.7. The number of pyridine rings is 1. The summed E-state index contributed by atoms with van der Waals surface area (Å²) in [6, 6.07) is 1.45. The first-order chi connectivity index (χ1) is 9.46. The van der Waals surface area contributed by atoms with E-state index >= 15 is 0 Å². The van der Waals surface area contributed by atoms with E-state index in [0.717, 1.165) is 25.7 Å². The molecule has 0 radical (unpaired) electrons.